The van der Waals surface area contributed by atoms with Gasteiger partial charge in [-0.3, -0.25) is 10.1 Å². The van der Waals surface area contributed by atoms with Crippen LogP contribution in [-0.2, 0) is 4.79 Å². The number of nitrogens with zero attached hydrogens (tertiary/aromatic N) is 3. The van der Waals surface area contributed by atoms with Crippen LogP contribution in [0.3, 0.4) is 0 Å². The second-order valence-electron chi connectivity index (χ2n) is 4.91. The number of aryl methyl sites for hydroxylation is 2. The first-order valence-corrected chi connectivity index (χ1v) is 7.73. The zero-order valence-corrected chi connectivity index (χ0v) is 13.7. The minimum absolute atomic E-state index is 0. The SMILES string of the molecule is C.CCC(Nc1nc(C)nc(NC(C)=O)n1)c1sc(F)cc1C. The average molecular weight is 339 g/mol. The van der Waals surface area contributed by atoms with Crippen LogP contribution in [-0.4, -0.2) is 20.9 Å². The first kappa shape index (κ1) is 19.0. The summed E-state index contributed by atoms with van der Waals surface area (Å²) in [5.41, 5.74) is 0.898. The predicted molar refractivity (Wildman–Crippen MR) is 91.3 cm³/mol. The van der Waals surface area contributed by atoms with E-state index in [9.17, 15) is 9.18 Å². The highest BCUT2D eigenvalue weighted by molar-refractivity contribution is 7.10. The van der Waals surface area contributed by atoms with Gasteiger partial charge in [0.1, 0.15) is 5.82 Å². The number of amides is 1. The largest absolute Gasteiger partial charge is 0.346 e. The van der Waals surface area contributed by atoms with Crippen LogP contribution in [0.5, 0.6) is 0 Å². The molecule has 0 aromatic carbocycles. The van der Waals surface area contributed by atoms with E-state index in [0.29, 0.717) is 11.8 Å². The average Bonchev–Trinajstić information content (AvgIpc) is 2.73. The Morgan fingerprint density at radius 3 is 2.48 bits per heavy atom. The minimum atomic E-state index is -0.250. The molecule has 0 radical (unpaired) electrons. The molecular weight excluding hydrogens is 317 g/mol. The van der Waals surface area contributed by atoms with Gasteiger partial charge in [0, 0.05) is 11.8 Å². The van der Waals surface area contributed by atoms with Crippen LogP contribution in [0.15, 0.2) is 6.07 Å². The van der Waals surface area contributed by atoms with Crippen LogP contribution >= 0.6 is 11.3 Å². The highest BCUT2D eigenvalue weighted by Gasteiger charge is 2.17. The summed E-state index contributed by atoms with van der Waals surface area (Å²) in [6, 6.07) is 1.42. The molecule has 2 aromatic heterocycles. The van der Waals surface area contributed by atoms with Gasteiger partial charge in [0.05, 0.1) is 6.04 Å². The first-order valence-electron chi connectivity index (χ1n) is 6.91. The molecule has 0 fully saturated rings. The standard InChI is InChI=1S/C14H18FN5OS.CH4/c1-5-10(12-7(2)6-11(15)22-12)19-14-17-8(3)16-13(20-14)18-9(4)21;/h6,10H,5H2,1-4H3,(H2,16,17,18,19,20,21);1H4. The van der Waals surface area contributed by atoms with E-state index in [1.807, 2.05) is 13.8 Å². The molecule has 2 heterocycles. The number of hydrogen-bond donors (Lipinski definition) is 2. The van der Waals surface area contributed by atoms with Gasteiger partial charge in [-0.05, 0) is 31.9 Å². The number of nitrogens with one attached hydrogen (secondary N) is 2. The number of thiophene rings is 1. The Labute approximate surface area is 139 Å². The van der Waals surface area contributed by atoms with Crippen molar-refractivity contribution < 1.29 is 9.18 Å². The van der Waals surface area contributed by atoms with Crippen molar-refractivity contribution in [1.82, 2.24) is 15.0 Å². The van der Waals surface area contributed by atoms with E-state index in [-0.39, 0.29) is 30.5 Å². The third-order valence-electron chi connectivity index (χ3n) is 2.99. The zero-order chi connectivity index (χ0) is 16.3. The Morgan fingerprint density at radius 1 is 1.30 bits per heavy atom. The lowest BCUT2D eigenvalue weighted by molar-refractivity contribution is -0.114. The van der Waals surface area contributed by atoms with E-state index in [0.717, 1.165) is 28.2 Å². The van der Waals surface area contributed by atoms with Gasteiger partial charge in [0.2, 0.25) is 17.8 Å². The number of carbonyl (C=O) groups excluding carboxylic acids is 1. The molecule has 23 heavy (non-hydrogen) atoms. The lowest BCUT2D eigenvalue weighted by Crippen LogP contribution is -2.16. The van der Waals surface area contributed by atoms with Crippen molar-refractivity contribution >= 4 is 29.1 Å². The molecule has 1 amide bonds. The third-order valence-corrected chi connectivity index (χ3v) is 4.13. The Kier molecular flexibility index (Phi) is 6.56. The van der Waals surface area contributed by atoms with Crippen molar-refractivity contribution in [3.63, 3.8) is 0 Å². The number of aromatic nitrogens is 3. The number of halogens is 1. The third kappa shape index (κ3) is 4.95. The van der Waals surface area contributed by atoms with Crippen molar-refractivity contribution in [3.8, 4) is 0 Å². The van der Waals surface area contributed by atoms with Gasteiger partial charge in [0.25, 0.3) is 0 Å². The molecular formula is C15H22FN5OS. The van der Waals surface area contributed by atoms with E-state index in [4.69, 9.17) is 0 Å². The molecule has 0 spiro atoms. The van der Waals surface area contributed by atoms with Gasteiger partial charge in [-0.1, -0.05) is 14.4 Å². The van der Waals surface area contributed by atoms with Gasteiger partial charge < -0.3 is 5.32 Å². The normalized spacial score (nSPS) is 11.5. The summed E-state index contributed by atoms with van der Waals surface area (Å²) in [4.78, 5) is 24.5. The summed E-state index contributed by atoms with van der Waals surface area (Å²) in [6.07, 6.45) is 0.751. The summed E-state index contributed by atoms with van der Waals surface area (Å²) in [5.74, 6) is 0.799. The van der Waals surface area contributed by atoms with Crippen LogP contribution in [0.25, 0.3) is 0 Å². The van der Waals surface area contributed by atoms with Crippen molar-refractivity contribution in [3.05, 3.63) is 27.5 Å². The molecule has 0 bridgehead atoms. The van der Waals surface area contributed by atoms with E-state index < -0.39 is 0 Å². The molecule has 1 unspecified atom stereocenters. The second kappa shape index (κ2) is 7.96. The highest BCUT2D eigenvalue weighted by Crippen LogP contribution is 2.30. The number of carbonyl (C=O) groups is 1. The molecule has 2 aromatic rings. The Bertz CT molecular complexity index is 689. The van der Waals surface area contributed by atoms with Crippen molar-refractivity contribution in [2.75, 3.05) is 10.6 Å². The quantitative estimate of drug-likeness (QED) is 0.865. The molecule has 2 rings (SSSR count). The molecule has 0 saturated carbocycles. The van der Waals surface area contributed by atoms with E-state index >= 15 is 0 Å². The fraction of sp³-hybridized carbons (Fsp3) is 0.467. The van der Waals surface area contributed by atoms with Gasteiger partial charge in [-0.2, -0.15) is 19.3 Å². The molecule has 1 atom stereocenters. The van der Waals surface area contributed by atoms with E-state index in [2.05, 4.69) is 25.6 Å². The lowest BCUT2D eigenvalue weighted by Gasteiger charge is -2.17. The minimum Gasteiger partial charge on any atom is -0.346 e. The predicted octanol–water partition coefficient (Wildman–Crippen LogP) is 3.85. The number of rotatable bonds is 5. The summed E-state index contributed by atoms with van der Waals surface area (Å²) in [6.45, 7) is 6.98. The Morgan fingerprint density at radius 2 is 1.96 bits per heavy atom. The fourth-order valence-electron chi connectivity index (χ4n) is 2.07. The van der Waals surface area contributed by atoms with E-state index in [1.165, 1.54) is 13.0 Å². The molecule has 6 nitrogen and oxygen atoms in total. The number of anilines is 2. The van der Waals surface area contributed by atoms with Crippen LogP contribution in [0.2, 0.25) is 0 Å². The monoisotopic (exact) mass is 339 g/mol. The molecule has 0 aliphatic carbocycles. The summed E-state index contributed by atoms with van der Waals surface area (Å²) >= 11 is 1.12. The van der Waals surface area contributed by atoms with Crippen LogP contribution in [0.4, 0.5) is 16.3 Å². The van der Waals surface area contributed by atoms with Crippen molar-refractivity contribution in [1.29, 1.82) is 0 Å². The highest BCUT2D eigenvalue weighted by atomic mass is 32.1. The fourth-order valence-corrected chi connectivity index (χ4v) is 3.10. The molecule has 8 heteroatoms. The van der Waals surface area contributed by atoms with Crippen molar-refractivity contribution in [2.24, 2.45) is 0 Å². The maximum absolute atomic E-state index is 13.4. The first-order chi connectivity index (χ1) is 10.4. The van der Waals surface area contributed by atoms with Gasteiger partial charge >= 0.3 is 0 Å². The lowest BCUT2D eigenvalue weighted by atomic mass is 10.1. The summed E-state index contributed by atoms with van der Waals surface area (Å²) in [7, 11) is 0. The topological polar surface area (TPSA) is 79.8 Å². The Hall–Kier alpha value is -2.09. The molecule has 0 aliphatic rings. The van der Waals surface area contributed by atoms with Crippen molar-refractivity contribution in [2.45, 2.75) is 47.6 Å². The van der Waals surface area contributed by atoms with Crippen LogP contribution in [0.1, 0.15) is 50.0 Å². The maximum atomic E-state index is 13.4. The van der Waals surface area contributed by atoms with Gasteiger partial charge in [-0.25, -0.2) is 0 Å². The Balaban J connectivity index is 0.00000264. The maximum Gasteiger partial charge on any atom is 0.234 e. The van der Waals surface area contributed by atoms with E-state index in [1.54, 1.807) is 6.92 Å². The van der Waals surface area contributed by atoms with Gasteiger partial charge in [0.15, 0.2) is 5.13 Å². The molecule has 0 aliphatic heterocycles. The zero-order valence-electron chi connectivity index (χ0n) is 12.9. The second-order valence-corrected chi connectivity index (χ2v) is 5.95. The smallest absolute Gasteiger partial charge is 0.234 e. The number of hydrogen-bond acceptors (Lipinski definition) is 6. The van der Waals surface area contributed by atoms with Crippen LogP contribution < -0.4 is 10.6 Å². The summed E-state index contributed by atoms with van der Waals surface area (Å²) < 4.78 is 13.4. The van der Waals surface area contributed by atoms with Crippen LogP contribution in [0, 0.1) is 19.0 Å². The molecule has 2 N–H and O–H groups in total. The molecule has 126 valence electrons. The summed E-state index contributed by atoms with van der Waals surface area (Å²) in [5, 5.41) is 5.51. The molecule has 0 saturated heterocycles. The van der Waals surface area contributed by atoms with Gasteiger partial charge in [-0.15, -0.1) is 11.3 Å².